The molecular weight excluding hydrogens is 390 g/mol. The van der Waals surface area contributed by atoms with Crippen LogP contribution in [-0.4, -0.2) is 68.8 Å². The number of amides is 3. The molecule has 8 nitrogen and oxygen atoms in total. The smallest absolute Gasteiger partial charge is 0.267 e. The van der Waals surface area contributed by atoms with Gasteiger partial charge in [0.25, 0.3) is 5.91 Å². The lowest BCUT2D eigenvalue weighted by molar-refractivity contribution is -0.159. The summed E-state index contributed by atoms with van der Waals surface area (Å²) >= 11 is 1.13. The second-order valence-electron chi connectivity index (χ2n) is 9.05. The molecule has 4 heterocycles. The van der Waals surface area contributed by atoms with E-state index in [0.29, 0.717) is 42.5 Å². The van der Waals surface area contributed by atoms with Gasteiger partial charge in [0.05, 0.1) is 5.69 Å². The number of nitrogens with one attached hydrogen (secondary N) is 1. The van der Waals surface area contributed by atoms with E-state index in [1.165, 1.54) is 12.8 Å². The fourth-order valence-electron chi connectivity index (χ4n) is 5.40. The number of aryl methyl sites for hydroxylation is 1. The molecule has 5 rings (SSSR count). The summed E-state index contributed by atoms with van der Waals surface area (Å²) < 4.78 is 3.90. The molecule has 4 atom stereocenters. The van der Waals surface area contributed by atoms with Crippen LogP contribution in [0.4, 0.5) is 0 Å². The quantitative estimate of drug-likeness (QED) is 0.795. The van der Waals surface area contributed by atoms with Gasteiger partial charge in [-0.05, 0) is 62.4 Å². The van der Waals surface area contributed by atoms with Gasteiger partial charge in [0, 0.05) is 38.0 Å². The Morgan fingerprint density at radius 2 is 2.00 bits per heavy atom. The summed E-state index contributed by atoms with van der Waals surface area (Å²) in [6.07, 6.45) is 5.55. The van der Waals surface area contributed by atoms with Gasteiger partial charge in [-0.3, -0.25) is 14.4 Å². The predicted molar refractivity (Wildman–Crippen MR) is 106 cm³/mol. The normalized spacial score (nSPS) is 31.4. The third kappa shape index (κ3) is 3.43. The van der Waals surface area contributed by atoms with Gasteiger partial charge in [0.1, 0.15) is 10.9 Å². The number of rotatable bonds is 4. The minimum Gasteiger partial charge on any atom is -0.354 e. The summed E-state index contributed by atoms with van der Waals surface area (Å²) in [5.74, 6) is 0.830. The van der Waals surface area contributed by atoms with Gasteiger partial charge in [-0.1, -0.05) is 4.49 Å². The van der Waals surface area contributed by atoms with Crippen molar-refractivity contribution < 1.29 is 14.4 Å². The number of carbonyl (C=O) groups is 3. The zero-order valence-corrected chi connectivity index (χ0v) is 17.5. The van der Waals surface area contributed by atoms with Crippen molar-refractivity contribution in [2.75, 3.05) is 19.6 Å². The molecule has 3 saturated heterocycles. The standard InChI is InChI=1S/C20H27N5O3S/c1-11-18(29-23-22-11)20(28)24-9-13-7-14(10-24)17(19(27)21-8-12-5-6-12)25-15(13)3-2-4-16(25)26/h12-15,17H,2-10H2,1H3,(H,21,27)/t13-,14+,15-,17+/m0/s1. The second-order valence-corrected chi connectivity index (χ2v) is 9.80. The molecular formula is C20H27N5O3S. The minimum absolute atomic E-state index is 0.0172. The number of piperidine rings is 3. The summed E-state index contributed by atoms with van der Waals surface area (Å²) in [5.41, 5.74) is 0.656. The van der Waals surface area contributed by atoms with E-state index in [4.69, 9.17) is 0 Å². The Hall–Kier alpha value is -2.03. The largest absolute Gasteiger partial charge is 0.354 e. The summed E-state index contributed by atoms with van der Waals surface area (Å²) in [7, 11) is 0. The van der Waals surface area contributed by atoms with Gasteiger partial charge in [0.2, 0.25) is 11.8 Å². The predicted octanol–water partition coefficient (Wildman–Crippen LogP) is 1.21. The first-order valence-electron chi connectivity index (χ1n) is 10.7. The Labute approximate surface area is 174 Å². The average Bonchev–Trinajstić information content (AvgIpc) is 3.45. The summed E-state index contributed by atoms with van der Waals surface area (Å²) in [6, 6.07) is -0.403. The number of hydrogen-bond acceptors (Lipinski definition) is 6. The molecule has 3 amide bonds. The molecule has 156 valence electrons. The van der Waals surface area contributed by atoms with Crippen LogP contribution in [0.5, 0.6) is 0 Å². The van der Waals surface area contributed by atoms with E-state index in [9.17, 15) is 14.4 Å². The SMILES string of the molecule is Cc1nnsc1C(=O)N1C[C@@H]2C[C@H](C1)[C@H](C(=O)NCC1CC1)N1C(=O)CCC[C@@H]21. The van der Waals surface area contributed by atoms with Crippen molar-refractivity contribution in [1.29, 1.82) is 0 Å². The number of fused-ring (bicyclic) bond motifs is 4. The van der Waals surface area contributed by atoms with Crippen LogP contribution in [-0.2, 0) is 9.59 Å². The highest BCUT2D eigenvalue weighted by Crippen LogP contribution is 2.42. The highest BCUT2D eigenvalue weighted by Gasteiger charge is 2.52. The van der Waals surface area contributed by atoms with Gasteiger partial charge in [0.15, 0.2) is 0 Å². The lowest BCUT2D eigenvalue weighted by Crippen LogP contribution is -2.68. The van der Waals surface area contributed by atoms with E-state index >= 15 is 0 Å². The summed E-state index contributed by atoms with van der Waals surface area (Å²) in [5, 5.41) is 7.07. The Morgan fingerprint density at radius 3 is 2.72 bits per heavy atom. The van der Waals surface area contributed by atoms with Crippen molar-refractivity contribution in [3.05, 3.63) is 10.6 Å². The Bertz CT molecular complexity index is 838. The van der Waals surface area contributed by atoms with Crippen LogP contribution >= 0.6 is 11.5 Å². The van der Waals surface area contributed by atoms with Crippen LogP contribution in [0.15, 0.2) is 0 Å². The summed E-state index contributed by atoms with van der Waals surface area (Å²) in [4.78, 5) is 43.4. The van der Waals surface area contributed by atoms with Crippen LogP contribution in [0.25, 0.3) is 0 Å². The van der Waals surface area contributed by atoms with Gasteiger partial charge >= 0.3 is 0 Å². The number of hydrogen-bond donors (Lipinski definition) is 1. The molecule has 1 aromatic rings. The Balaban J connectivity index is 1.41. The Morgan fingerprint density at radius 1 is 1.21 bits per heavy atom. The maximum Gasteiger partial charge on any atom is 0.267 e. The topological polar surface area (TPSA) is 95.5 Å². The van der Waals surface area contributed by atoms with Crippen molar-refractivity contribution >= 4 is 29.3 Å². The number of nitrogens with zero attached hydrogens (tertiary/aromatic N) is 4. The van der Waals surface area contributed by atoms with Crippen LogP contribution in [0.2, 0.25) is 0 Å². The van der Waals surface area contributed by atoms with E-state index < -0.39 is 6.04 Å². The van der Waals surface area contributed by atoms with Gasteiger partial charge in [-0.2, -0.15) is 0 Å². The summed E-state index contributed by atoms with van der Waals surface area (Å²) in [6.45, 7) is 3.64. The van der Waals surface area contributed by atoms with E-state index in [0.717, 1.165) is 30.8 Å². The molecule has 1 aromatic heterocycles. The molecule has 3 aliphatic heterocycles. The van der Waals surface area contributed by atoms with Crippen LogP contribution in [0, 0.1) is 24.7 Å². The molecule has 4 aliphatic rings. The second kappa shape index (κ2) is 7.34. The maximum atomic E-state index is 13.2. The molecule has 9 heteroatoms. The molecule has 1 aliphatic carbocycles. The molecule has 4 fully saturated rings. The first-order chi connectivity index (χ1) is 14.0. The molecule has 0 aromatic carbocycles. The monoisotopic (exact) mass is 417 g/mol. The minimum atomic E-state index is -0.459. The highest BCUT2D eigenvalue weighted by atomic mass is 32.1. The van der Waals surface area contributed by atoms with Crippen molar-refractivity contribution in [3.63, 3.8) is 0 Å². The molecule has 1 N–H and O–H groups in total. The average molecular weight is 418 g/mol. The van der Waals surface area contributed by atoms with Crippen LogP contribution in [0.1, 0.15) is 53.9 Å². The molecule has 0 unspecified atom stereocenters. The molecule has 2 bridgehead atoms. The lowest BCUT2D eigenvalue weighted by atomic mass is 9.71. The molecule has 29 heavy (non-hydrogen) atoms. The van der Waals surface area contributed by atoms with Crippen molar-refractivity contribution in [1.82, 2.24) is 24.7 Å². The zero-order chi connectivity index (χ0) is 20.1. The molecule has 0 spiro atoms. The van der Waals surface area contributed by atoms with Crippen molar-refractivity contribution in [3.8, 4) is 0 Å². The third-order valence-electron chi connectivity index (χ3n) is 7.00. The van der Waals surface area contributed by atoms with E-state index in [1.54, 1.807) is 6.92 Å². The fraction of sp³-hybridized carbons (Fsp3) is 0.750. The van der Waals surface area contributed by atoms with Crippen molar-refractivity contribution in [2.24, 2.45) is 17.8 Å². The number of likely N-dealkylation sites (tertiary alicyclic amines) is 1. The van der Waals surface area contributed by atoms with Gasteiger partial charge < -0.3 is 15.1 Å². The van der Waals surface area contributed by atoms with E-state index in [2.05, 4.69) is 14.9 Å². The van der Waals surface area contributed by atoms with E-state index in [-0.39, 0.29) is 35.6 Å². The van der Waals surface area contributed by atoms with E-state index in [1.807, 2.05) is 9.80 Å². The molecule has 0 radical (unpaired) electrons. The number of aromatic nitrogens is 2. The lowest BCUT2D eigenvalue weighted by Gasteiger charge is -2.55. The van der Waals surface area contributed by atoms with Crippen molar-refractivity contribution in [2.45, 2.75) is 57.5 Å². The zero-order valence-electron chi connectivity index (χ0n) is 16.7. The maximum absolute atomic E-state index is 13.2. The van der Waals surface area contributed by atoms with Gasteiger partial charge in [-0.15, -0.1) is 5.10 Å². The van der Waals surface area contributed by atoms with Crippen LogP contribution < -0.4 is 5.32 Å². The Kier molecular flexibility index (Phi) is 4.80. The molecule has 1 saturated carbocycles. The first-order valence-corrected chi connectivity index (χ1v) is 11.5. The highest BCUT2D eigenvalue weighted by molar-refractivity contribution is 7.07. The first kappa shape index (κ1) is 19.0. The number of carbonyl (C=O) groups excluding carboxylic acids is 3. The van der Waals surface area contributed by atoms with Crippen LogP contribution in [0.3, 0.4) is 0 Å². The fourth-order valence-corrected chi connectivity index (χ4v) is 6.03. The third-order valence-corrected chi connectivity index (χ3v) is 7.82. The van der Waals surface area contributed by atoms with Gasteiger partial charge in [-0.25, -0.2) is 0 Å².